The smallest absolute Gasteiger partial charge is 0.376 e. The molecule has 0 aromatic heterocycles. The number of rotatable bonds is 5. The van der Waals surface area contributed by atoms with Crippen molar-refractivity contribution in [2.45, 2.75) is 81.4 Å². The third kappa shape index (κ3) is 4.57. The van der Waals surface area contributed by atoms with Crippen LogP contribution in [0.15, 0.2) is 0 Å². The van der Waals surface area contributed by atoms with E-state index < -0.39 is 41.6 Å². The van der Waals surface area contributed by atoms with E-state index in [2.05, 4.69) is 26.4 Å². The van der Waals surface area contributed by atoms with E-state index in [1.807, 2.05) is 0 Å². The molecular formula is C18H30F5N5O2. The van der Waals surface area contributed by atoms with Gasteiger partial charge in [0.2, 0.25) is 11.5 Å². The lowest BCUT2D eigenvalue weighted by molar-refractivity contribution is -0.350. The van der Waals surface area contributed by atoms with E-state index in [9.17, 15) is 31.9 Å². The summed E-state index contributed by atoms with van der Waals surface area (Å²) in [5.74, 6) is -6.78. The number of aliphatic hydroxyl groups is 1. The van der Waals surface area contributed by atoms with Gasteiger partial charge >= 0.3 is 6.18 Å². The number of carbonyl (C=O) groups excluding carboxylic acids is 1. The van der Waals surface area contributed by atoms with Gasteiger partial charge in [-0.2, -0.15) is 13.2 Å². The van der Waals surface area contributed by atoms with Crippen LogP contribution in [-0.4, -0.2) is 71.6 Å². The Kier molecular flexibility index (Phi) is 6.93. The fourth-order valence-electron chi connectivity index (χ4n) is 4.80. The van der Waals surface area contributed by atoms with Crippen LogP contribution in [0.1, 0.15) is 45.4 Å². The summed E-state index contributed by atoms with van der Waals surface area (Å²) in [6.45, 7) is 2.53. The van der Waals surface area contributed by atoms with E-state index in [1.165, 1.54) is 0 Å². The van der Waals surface area contributed by atoms with Crippen molar-refractivity contribution in [1.82, 2.24) is 26.4 Å². The fourth-order valence-corrected chi connectivity index (χ4v) is 4.80. The number of hydrogen-bond donors (Lipinski definition) is 5. The SMILES string of the molecule is CC(F)(F)C(O)(C1CCCCC1NC(=O)C1CCC(N2CCNC2)NN1)C(F)(F)F. The van der Waals surface area contributed by atoms with Gasteiger partial charge in [-0.15, -0.1) is 0 Å². The number of halogens is 5. The second kappa shape index (κ2) is 8.81. The minimum atomic E-state index is -5.53. The first kappa shape index (κ1) is 23.6. The standard InChI is InChI=1S/C18H30F5N5O2/c1-16(19,20)17(30,18(21,22)23)11-4-2-3-5-12(11)25-15(29)13-6-7-14(27-26-13)28-9-8-24-10-28/h11-14,24,26-27,30H,2-10H2,1H3,(H,25,29). The number of nitrogens with zero attached hydrogens (tertiary/aromatic N) is 1. The summed E-state index contributed by atoms with van der Waals surface area (Å²) in [6, 6.07) is -1.88. The van der Waals surface area contributed by atoms with Crippen LogP contribution < -0.4 is 21.5 Å². The maximum atomic E-state index is 14.0. The first-order valence-corrected chi connectivity index (χ1v) is 10.4. The summed E-state index contributed by atoms with van der Waals surface area (Å²) in [5, 5.41) is 15.9. The lowest BCUT2D eigenvalue weighted by Gasteiger charge is -2.46. The molecule has 1 amide bonds. The molecule has 2 aliphatic heterocycles. The normalized spacial score (nSPS) is 33.8. The number of alkyl halides is 5. The van der Waals surface area contributed by atoms with E-state index in [4.69, 9.17) is 0 Å². The second-order valence-electron chi connectivity index (χ2n) is 8.56. The molecule has 2 saturated heterocycles. The molecule has 5 unspecified atom stereocenters. The molecule has 1 aliphatic carbocycles. The molecule has 7 nitrogen and oxygen atoms in total. The summed E-state index contributed by atoms with van der Waals surface area (Å²) in [4.78, 5) is 14.8. The van der Waals surface area contributed by atoms with Crippen molar-refractivity contribution in [3.8, 4) is 0 Å². The van der Waals surface area contributed by atoms with Crippen molar-refractivity contribution in [2.24, 2.45) is 5.92 Å². The van der Waals surface area contributed by atoms with Gasteiger partial charge in [0.1, 0.15) is 6.04 Å². The van der Waals surface area contributed by atoms with E-state index in [0.29, 0.717) is 19.3 Å². The Morgan fingerprint density at radius 2 is 1.77 bits per heavy atom. The zero-order valence-electron chi connectivity index (χ0n) is 16.9. The highest BCUT2D eigenvalue weighted by Crippen LogP contribution is 2.50. The minimum Gasteiger partial charge on any atom is -0.376 e. The van der Waals surface area contributed by atoms with Gasteiger partial charge in [-0.1, -0.05) is 12.8 Å². The van der Waals surface area contributed by atoms with E-state index in [0.717, 1.165) is 19.8 Å². The molecule has 0 spiro atoms. The van der Waals surface area contributed by atoms with Crippen LogP contribution in [0.4, 0.5) is 22.0 Å². The van der Waals surface area contributed by atoms with Crippen LogP contribution in [0.3, 0.4) is 0 Å². The Hall–Kier alpha value is -1.08. The predicted molar refractivity (Wildman–Crippen MR) is 98.2 cm³/mol. The highest BCUT2D eigenvalue weighted by Gasteiger charge is 2.71. The lowest BCUT2D eigenvalue weighted by atomic mass is 9.70. The molecule has 0 radical (unpaired) electrons. The summed E-state index contributed by atoms with van der Waals surface area (Å²) < 4.78 is 68.7. The fraction of sp³-hybridized carbons (Fsp3) is 0.944. The van der Waals surface area contributed by atoms with Gasteiger partial charge < -0.3 is 15.7 Å². The van der Waals surface area contributed by atoms with Gasteiger partial charge in [0.25, 0.3) is 5.92 Å². The molecular weight excluding hydrogens is 413 g/mol. The monoisotopic (exact) mass is 443 g/mol. The van der Waals surface area contributed by atoms with Gasteiger partial charge in [0.15, 0.2) is 0 Å². The molecule has 3 aliphatic rings. The number of nitrogens with one attached hydrogen (secondary N) is 4. The van der Waals surface area contributed by atoms with Crippen LogP contribution in [-0.2, 0) is 4.79 Å². The van der Waals surface area contributed by atoms with E-state index >= 15 is 0 Å². The van der Waals surface area contributed by atoms with Gasteiger partial charge in [-0.3, -0.25) is 9.69 Å². The van der Waals surface area contributed by atoms with Crippen molar-refractivity contribution >= 4 is 5.91 Å². The zero-order chi connectivity index (χ0) is 22.2. The Labute approximate surface area is 172 Å². The lowest BCUT2D eigenvalue weighted by Crippen LogP contribution is -2.68. The molecule has 5 atom stereocenters. The molecule has 1 saturated carbocycles. The largest absolute Gasteiger partial charge is 0.423 e. The Bertz CT molecular complexity index is 587. The predicted octanol–water partition coefficient (Wildman–Crippen LogP) is 1.06. The zero-order valence-corrected chi connectivity index (χ0v) is 16.9. The Morgan fingerprint density at radius 1 is 1.07 bits per heavy atom. The van der Waals surface area contributed by atoms with E-state index in [1.54, 1.807) is 0 Å². The van der Waals surface area contributed by atoms with Crippen molar-refractivity contribution < 1.29 is 31.9 Å². The van der Waals surface area contributed by atoms with Crippen LogP contribution in [0, 0.1) is 5.92 Å². The Balaban J connectivity index is 1.66. The highest BCUT2D eigenvalue weighted by atomic mass is 19.4. The molecule has 0 bridgehead atoms. The van der Waals surface area contributed by atoms with Gasteiger partial charge in [-0.05, 0) is 25.7 Å². The van der Waals surface area contributed by atoms with Gasteiger partial charge in [0.05, 0.1) is 6.17 Å². The van der Waals surface area contributed by atoms with Crippen molar-refractivity contribution in [3.63, 3.8) is 0 Å². The molecule has 5 N–H and O–H groups in total. The molecule has 174 valence electrons. The maximum Gasteiger partial charge on any atom is 0.423 e. The molecule has 30 heavy (non-hydrogen) atoms. The van der Waals surface area contributed by atoms with Crippen LogP contribution in [0.5, 0.6) is 0 Å². The van der Waals surface area contributed by atoms with Gasteiger partial charge in [-0.25, -0.2) is 19.6 Å². The minimum absolute atomic E-state index is 0.0283. The molecule has 12 heteroatoms. The average molecular weight is 443 g/mol. The second-order valence-corrected chi connectivity index (χ2v) is 8.56. The van der Waals surface area contributed by atoms with E-state index in [-0.39, 0.29) is 32.4 Å². The molecule has 2 heterocycles. The summed E-state index contributed by atoms with van der Waals surface area (Å²) in [7, 11) is 0. The summed E-state index contributed by atoms with van der Waals surface area (Å²) in [6.07, 6.45) is -3.77. The third-order valence-electron chi connectivity index (χ3n) is 6.53. The molecule has 3 fully saturated rings. The summed E-state index contributed by atoms with van der Waals surface area (Å²) >= 11 is 0. The number of hydrazine groups is 1. The van der Waals surface area contributed by atoms with Crippen LogP contribution in [0.25, 0.3) is 0 Å². The van der Waals surface area contributed by atoms with Gasteiger partial charge in [0, 0.05) is 38.6 Å². The first-order chi connectivity index (χ1) is 13.9. The first-order valence-electron chi connectivity index (χ1n) is 10.4. The number of carbonyl (C=O) groups is 1. The van der Waals surface area contributed by atoms with Crippen LogP contribution >= 0.6 is 0 Å². The molecule has 0 aromatic rings. The summed E-state index contributed by atoms with van der Waals surface area (Å²) in [5.41, 5.74) is 1.73. The van der Waals surface area contributed by atoms with Crippen molar-refractivity contribution in [2.75, 3.05) is 19.8 Å². The molecule has 3 rings (SSSR count). The topological polar surface area (TPSA) is 88.7 Å². The average Bonchev–Trinajstić information content (AvgIpc) is 3.21. The third-order valence-corrected chi connectivity index (χ3v) is 6.53. The Morgan fingerprint density at radius 3 is 2.30 bits per heavy atom. The number of hydrogen-bond acceptors (Lipinski definition) is 6. The van der Waals surface area contributed by atoms with Crippen molar-refractivity contribution in [3.05, 3.63) is 0 Å². The highest BCUT2D eigenvalue weighted by molar-refractivity contribution is 5.82. The number of amides is 1. The van der Waals surface area contributed by atoms with Crippen LogP contribution in [0.2, 0.25) is 0 Å². The quantitative estimate of drug-likeness (QED) is 0.409. The van der Waals surface area contributed by atoms with Crippen molar-refractivity contribution in [1.29, 1.82) is 0 Å². The molecule has 0 aromatic carbocycles. The maximum absolute atomic E-state index is 14.0.